The SMILES string of the molecule is N[C@H](Cc1ccc(Cl)cc1)C(=O)N1CCN(c2ncnc3c2CCCN3)CC1. The van der Waals surface area contributed by atoms with Gasteiger partial charge in [-0.3, -0.25) is 4.79 Å². The first-order valence-corrected chi connectivity index (χ1v) is 10.1. The van der Waals surface area contributed by atoms with Crippen LogP contribution in [0.1, 0.15) is 17.5 Å². The predicted molar refractivity (Wildman–Crippen MR) is 111 cm³/mol. The molecule has 8 heteroatoms. The van der Waals surface area contributed by atoms with E-state index in [1.807, 2.05) is 29.2 Å². The number of nitrogens with zero attached hydrogens (tertiary/aromatic N) is 4. The first kappa shape index (κ1) is 19.0. The summed E-state index contributed by atoms with van der Waals surface area (Å²) < 4.78 is 0. The number of hydrogen-bond donors (Lipinski definition) is 2. The van der Waals surface area contributed by atoms with Crippen molar-refractivity contribution in [2.45, 2.75) is 25.3 Å². The molecule has 3 heterocycles. The zero-order valence-electron chi connectivity index (χ0n) is 15.8. The number of rotatable bonds is 4. The minimum absolute atomic E-state index is 0.000910. The maximum absolute atomic E-state index is 12.8. The first-order valence-electron chi connectivity index (χ1n) is 9.73. The Hall–Kier alpha value is -2.38. The average molecular weight is 401 g/mol. The van der Waals surface area contributed by atoms with Gasteiger partial charge in [-0.1, -0.05) is 23.7 Å². The van der Waals surface area contributed by atoms with E-state index in [0.29, 0.717) is 24.5 Å². The predicted octanol–water partition coefficient (Wildman–Crippen LogP) is 1.71. The number of anilines is 2. The lowest BCUT2D eigenvalue weighted by Gasteiger charge is -2.37. The molecular weight excluding hydrogens is 376 g/mol. The van der Waals surface area contributed by atoms with Crippen LogP contribution in [0.5, 0.6) is 0 Å². The average Bonchev–Trinajstić information content (AvgIpc) is 2.74. The summed E-state index contributed by atoms with van der Waals surface area (Å²) in [5.74, 6) is 1.94. The molecule has 1 atom stereocenters. The van der Waals surface area contributed by atoms with Gasteiger partial charge in [0.05, 0.1) is 6.04 Å². The third-order valence-electron chi connectivity index (χ3n) is 5.40. The quantitative estimate of drug-likeness (QED) is 0.812. The van der Waals surface area contributed by atoms with Crippen LogP contribution in [-0.4, -0.2) is 59.5 Å². The molecular formula is C20H25ClN6O. The van der Waals surface area contributed by atoms with Crippen LogP contribution in [0.25, 0.3) is 0 Å². The number of halogens is 1. The summed E-state index contributed by atoms with van der Waals surface area (Å²) in [6.45, 7) is 3.77. The van der Waals surface area contributed by atoms with Crippen molar-refractivity contribution in [3.8, 4) is 0 Å². The van der Waals surface area contributed by atoms with Gasteiger partial charge in [0.1, 0.15) is 18.0 Å². The molecule has 2 aliphatic heterocycles. The molecule has 1 fully saturated rings. The normalized spacial score (nSPS) is 17.6. The van der Waals surface area contributed by atoms with E-state index in [2.05, 4.69) is 20.2 Å². The maximum atomic E-state index is 12.8. The second kappa shape index (κ2) is 8.32. The standard InChI is InChI=1S/C20H25ClN6O/c21-15-5-3-14(4-6-15)12-17(22)20(28)27-10-8-26(9-11-27)19-16-2-1-7-23-18(16)24-13-25-19/h3-6,13,17H,1-2,7-12,22H2,(H,23,24,25)/t17-/m1/s1. The van der Waals surface area contributed by atoms with Gasteiger partial charge in [-0.2, -0.15) is 0 Å². The van der Waals surface area contributed by atoms with Crippen molar-refractivity contribution in [3.63, 3.8) is 0 Å². The van der Waals surface area contributed by atoms with Crippen LogP contribution in [0.2, 0.25) is 5.02 Å². The molecule has 0 radical (unpaired) electrons. The highest BCUT2D eigenvalue weighted by molar-refractivity contribution is 6.30. The molecule has 0 aliphatic carbocycles. The molecule has 3 N–H and O–H groups in total. The second-order valence-electron chi connectivity index (χ2n) is 7.30. The number of nitrogens with one attached hydrogen (secondary N) is 1. The number of benzene rings is 1. The van der Waals surface area contributed by atoms with Crippen molar-refractivity contribution in [1.82, 2.24) is 14.9 Å². The maximum Gasteiger partial charge on any atom is 0.239 e. The molecule has 4 rings (SSSR count). The van der Waals surface area contributed by atoms with E-state index in [0.717, 1.165) is 49.7 Å². The van der Waals surface area contributed by atoms with E-state index >= 15 is 0 Å². The molecule has 0 saturated carbocycles. The fraction of sp³-hybridized carbons (Fsp3) is 0.450. The van der Waals surface area contributed by atoms with Gasteiger partial charge in [0, 0.05) is 43.3 Å². The molecule has 2 aromatic rings. The summed E-state index contributed by atoms with van der Waals surface area (Å²) in [6.07, 6.45) is 4.21. The van der Waals surface area contributed by atoms with Crippen LogP contribution in [0.15, 0.2) is 30.6 Å². The van der Waals surface area contributed by atoms with Crippen molar-refractivity contribution < 1.29 is 4.79 Å². The number of fused-ring (bicyclic) bond motifs is 1. The third kappa shape index (κ3) is 4.05. The summed E-state index contributed by atoms with van der Waals surface area (Å²) in [5.41, 5.74) is 8.39. The van der Waals surface area contributed by atoms with Gasteiger partial charge in [0.2, 0.25) is 5.91 Å². The number of carbonyl (C=O) groups excluding carboxylic acids is 1. The topological polar surface area (TPSA) is 87.4 Å². The highest BCUT2D eigenvalue weighted by Crippen LogP contribution is 2.28. The van der Waals surface area contributed by atoms with E-state index in [-0.39, 0.29) is 5.91 Å². The Balaban J connectivity index is 1.36. The Morgan fingerprint density at radius 3 is 2.68 bits per heavy atom. The van der Waals surface area contributed by atoms with Gasteiger partial charge in [0.15, 0.2) is 0 Å². The van der Waals surface area contributed by atoms with Crippen LogP contribution in [0.3, 0.4) is 0 Å². The summed E-state index contributed by atoms with van der Waals surface area (Å²) in [5, 5.41) is 4.03. The van der Waals surface area contributed by atoms with Crippen molar-refractivity contribution >= 4 is 29.1 Å². The molecule has 1 aromatic heterocycles. The molecule has 0 unspecified atom stereocenters. The van der Waals surface area contributed by atoms with Crippen LogP contribution in [0, 0.1) is 0 Å². The van der Waals surface area contributed by atoms with Gasteiger partial charge in [0.25, 0.3) is 0 Å². The monoisotopic (exact) mass is 400 g/mol. The Morgan fingerprint density at radius 2 is 1.93 bits per heavy atom. The van der Waals surface area contributed by atoms with Gasteiger partial charge in [-0.05, 0) is 37.0 Å². The zero-order chi connectivity index (χ0) is 19.5. The van der Waals surface area contributed by atoms with E-state index in [1.165, 1.54) is 5.56 Å². The van der Waals surface area contributed by atoms with Crippen molar-refractivity contribution in [3.05, 3.63) is 46.7 Å². The van der Waals surface area contributed by atoms with Crippen LogP contribution in [0.4, 0.5) is 11.6 Å². The van der Waals surface area contributed by atoms with Gasteiger partial charge >= 0.3 is 0 Å². The number of piperazine rings is 1. The van der Waals surface area contributed by atoms with Gasteiger partial charge in [-0.25, -0.2) is 9.97 Å². The number of aromatic nitrogens is 2. The molecule has 7 nitrogen and oxygen atoms in total. The Bertz CT molecular complexity index is 835. The smallest absolute Gasteiger partial charge is 0.239 e. The van der Waals surface area contributed by atoms with E-state index in [9.17, 15) is 4.79 Å². The molecule has 2 aliphatic rings. The second-order valence-corrected chi connectivity index (χ2v) is 7.74. The number of carbonyl (C=O) groups is 1. The number of hydrogen-bond acceptors (Lipinski definition) is 6. The first-order chi connectivity index (χ1) is 13.6. The third-order valence-corrected chi connectivity index (χ3v) is 5.65. The minimum Gasteiger partial charge on any atom is -0.370 e. The molecule has 1 amide bonds. The lowest BCUT2D eigenvalue weighted by Crippen LogP contribution is -2.54. The fourth-order valence-electron chi connectivity index (χ4n) is 3.86. The van der Waals surface area contributed by atoms with Crippen LogP contribution >= 0.6 is 11.6 Å². The molecule has 1 saturated heterocycles. The lowest BCUT2D eigenvalue weighted by atomic mass is 10.0. The Labute approximate surface area is 169 Å². The summed E-state index contributed by atoms with van der Waals surface area (Å²) in [7, 11) is 0. The lowest BCUT2D eigenvalue weighted by molar-refractivity contribution is -0.132. The van der Waals surface area contributed by atoms with Crippen LogP contribution in [-0.2, 0) is 17.6 Å². The molecule has 1 aromatic carbocycles. The van der Waals surface area contributed by atoms with Crippen molar-refractivity contribution in [2.24, 2.45) is 5.73 Å². The largest absolute Gasteiger partial charge is 0.370 e. The number of amides is 1. The van der Waals surface area contributed by atoms with Gasteiger partial charge in [-0.15, -0.1) is 0 Å². The minimum atomic E-state index is -0.538. The van der Waals surface area contributed by atoms with Crippen LogP contribution < -0.4 is 16.0 Å². The van der Waals surface area contributed by atoms with E-state index in [1.54, 1.807) is 6.33 Å². The molecule has 0 bridgehead atoms. The van der Waals surface area contributed by atoms with E-state index in [4.69, 9.17) is 17.3 Å². The van der Waals surface area contributed by atoms with E-state index < -0.39 is 6.04 Å². The Kier molecular flexibility index (Phi) is 5.64. The molecule has 148 valence electrons. The summed E-state index contributed by atoms with van der Waals surface area (Å²) in [4.78, 5) is 25.7. The number of nitrogens with two attached hydrogens (primary N) is 1. The van der Waals surface area contributed by atoms with Gasteiger partial charge < -0.3 is 20.9 Å². The zero-order valence-corrected chi connectivity index (χ0v) is 16.5. The molecule has 28 heavy (non-hydrogen) atoms. The summed E-state index contributed by atoms with van der Waals surface area (Å²) >= 11 is 5.92. The molecule has 0 spiro atoms. The highest BCUT2D eigenvalue weighted by Gasteiger charge is 2.28. The summed E-state index contributed by atoms with van der Waals surface area (Å²) in [6, 6.07) is 6.94. The fourth-order valence-corrected chi connectivity index (χ4v) is 3.99. The van der Waals surface area contributed by atoms with Crippen molar-refractivity contribution in [1.29, 1.82) is 0 Å². The Morgan fingerprint density at radius 1 is 1.18 bits per heavy atom. The highest BCUT2D eigenvalue weighted by atomic mass is 35.5. The van der Waals surface area contributed by atoms with Crippen molar-refractivity contribution in [2.75, 3.05) is 42.9 Å².